The van der Waals surface area contributed by atoms with Crippen molar-refractivity contribution >= 4 is 5.78 Å². The van der Waals surface area contributed by atoms with Gasteiger partial charge in [0.2, 0.25) is 0 Å². The fraction of sp³-hybridized carbons (Fsp3) is 0.720. The number of nitriles is 1. The Morgan fingerprint density at radius 2 is 2.10 bits per heavy atom. The predicted octanol–water partition coefficient (Wildman–Crippen LogP) is 4.26. The molecule has 0 spiro atoms. The lowest BCUT2D eigenvalue weighted by molar-refractivity contribution is -0.129. The van der Waals surface area contributed by atoms with Gasteiger partial charge in [0.05, 0.1) is 23.9 Å². The minimum absolute atomic E-state index is 0.0922. The molecule has 0 saturated heterocycles. The normalized spacial score (nSPS) is 42.5. The molecule has 3 saturated carbocycles. The molecule has 30 heavy (non-hydrogen) atoms. The van der Waals surface area contributed by atoms with E-state index in [9.17, 15) is 9.90 Å². The van der Waals surface area contributed by atoms with E-state index >= 15 is 0 Å². The number of allylic oxidation sites excluding steroid dienone is 1. The fourth-order valence-corrected chi connectivity index (χ4v) is 7.77. The molecule has 1 unspecified atom stereocenters. The highest BCUT2D eigenvalue weighted by Gasteiger charge is 2.57. The maximum atomic E-state index is 13.2. The van der Waals surface area contributed by atoms with Gasteiger partial charge in [-0.1, -0.05) is 18.6 Å². The summed E-state index contributed by atoms with van der Waals surface area (Å²) in [6, 6.07) is 2.09. The molecule has 0 radical (unpaired) electrons. The molecule has 4 aliphatic carbocycles. The average molecular weight is 408 g/mol. The van der Waals surface area contributed by atoms with Crippen molar-refractivity contribution < 1.29 is 9.90 Å². The number of fused-ring (bicyclic) bond motifs is 5. The van der Waals surface area contributed by atoms with E-state index in [1.54, 1.807) is 10.9 Å². The van der Waals surface area contributed by atoms with Crippen molar-refractivity contribution in [3.05, 3.63) is 29.6 Å². The maximum Gasteiger partial charge on any atom is 0.157 e. The third-order valence-corrected chi connectivity index (χ3v) is 9.19. The second-order valence-corrected chi connectivity index (χ2v) is 10.9. The van der Waals surface area contributed by atoms with Gasteiger partial charge in [-0.3, -0.25) is 9.48 Å². The summed E-state index contributed by atoms with van der Waals surface area (Å²) in [7, 11) is 0. The van der Waals surface area contributed by atoms with Crippen LogP contribution in [0.25, 0.3) is 0 Å². The van der Waals surface area contributed by atoms with E-state index in [1.165, 1.54) is 18.2 Å². The first-order valence-electron chi connectivity index (χ1n) is 11.7. The zero-order valence-electron chi connectivity index (χ0n) is 18.2. The number of rotatable bonds is 3. The van der Waals surface area contributed by atoms with Crippen LogP contribution in [-0.4, -0.2) is 26.3 Å². The van der Waals surface area contributed by atoms with Crippen LogP contribution < -0.4 is 0 Å². The van der Waals surface area contributed by atoms with E-state index < -0.39 is 5.60 Å². The Hall–Kier alpha value is -1.93. The highest BCUT2D eigenvalue weighted by Crippen LogP contribution is 2.63. The Morgan fingerprint density at radius 1 is 1.27 bits per heavy atom. The molecule has 0 bridgehead atoms. The number of carbonyl (C=O) groups excluding carboxylic acids is 1. The van der Waals surface area contributed by atoms with Gasteiger partial charge in [0, 0.05) is 12.1 Å². The molecule has 0 aromatic carbocycles. The topological polar surface area (TPSA) is 78.9 Å². The van der Waals surface area contributed by atoms with E-state index in [-0.39, 0.29) is 23.7 Å². The first kappa shape index (κ1) is 20.0. The van der Waals surface area contributed by atoms with E-state index in [4.69, 9.17) is 5.26 Å². The lowest BCUT2D eigenvalue weighted by atomic mass is 9.51. The molecular formula is C25H33N3O2. The SMILES string of the molecule is C[C@@]1(O)CCC2C(=CC[C@@H]3[C@@H]2CC[C@]2(C)[C@@H](C(=O)Cn4cc(C#N)cn4)CC[C@@H]32)C1. The molecule has 5 rings (SSSR count). The molecule has 160 valence electrons. The third-order valence-electron chi connectivity index (χ3n) is 9.19. The summed E-state index contributed by atoms with van der Waals surface area (Å²) in [5.41, 5.74) is 1.58. The van der Waals surface area contributed by atoms with Gasteiger partial charge < -0.3 is 5.11 Å². The number of carbonyl (C=O) groups is 1. The predicted molar refractivity (Wildman–Crippen MR) is 113 cm³/mol. The summed E-state index contributed by atoms with van der Waals surface area (Å²) in [4.78, 5) is 13.2. The second kappa shape index (κ2) is 7.05. The average Bonchev–Trinajstić information content (AvgIpc) is 3.30. The van der Waals surface area contributed by atoms with Crippen LogP contribution in [-0.2, 0) is 11.3 Å². The molecule has 1 aromatic heterocycles. The first-order valence-corrected chi connectivity index (χ1v) is 11.7. The number of hydrogen-bond donors (Lipinski definition) is 1. The van der Waals surface area contributed by atoms with Crippen LogP contribution >= 0.6 is 0 Å². The Morgan fingerprint density at radius 3 is 2.87 bits per heavy atom. The summed E-state index contributed by atoms with van der Waals surface area (Å²) in [5.74, 6) is 3.09. The number of ketones is 1. The van der Waals surface area contributed by atoms with E-state index in [1.807, 2.05) is 6.92 Å². The van der Waals surface area contributed by atoms with Crippen LogP contribution in [0.3, 0.4) is 0 Å². The van der Waals surface area contributed by atoms with Crippen LogP contribution in [0, 0.1) is 46.3 Å². The number of hydrogen-bond acceptors (Lipinski definition) is 4. The monoisotopic (exact) mass is 407 g/mol. The maximum absolute atomic E-state index is 13.2. The molecular weight excluding hydrogens is 374 g/mol. The van der Waals surface area contributed by atoms with Gasteiger partial charge >= 0.3 is 0 Å². The van der Waals surface area contributed by atoms with Gasteiger partial charge in [-0.05, 0) is 87.4 Å². The van der Waals surface area contributed by atoms with E-state index in [0.29, 0.717) is 23.3 Å². The lowest BCUT2D eigenvalue weighted by Crippen LogP contribution is -2.48. The van der Waals surface area contributed by atoms with Crippen LogP contribution in [0.4, 0.5) is 0 Å². The summed E-state index contributed by atoms with van der Waals surface area (Å²) in [6.07, 6.45) is 14.2. The lowest BCUT2D eigenvalue weighted by Gasteiger charge is -2.54. The number of aliphatic hydroxyl groups is 1. The third kappa shape index (κ3) is 3.15. The van der Waals surface area contributed by atoms with Crippen LogP contribution in [0.1, 0.15) is 70.8 Å². The summed E-state index contributed by atoms with van der Waals surface area (Å²) in [5, 5.41) is 23.7. The minimum atomic E-state index is -0.527. The van der Waals surface area contributed by atoms with Crippen LogP contribution in [0.5, 0.6) is 0 Å². The number of aromatic nitrogens is 2. The van der Waals surface area contributed by atoms with Crippen molar-refractivity contribution in [2.75, 3.05) is 0 Å². The molecule has 5 heteroatoms. The fourth-order valence-electron chi connectivity index (χ4n) is 7.77. The molecule has 0 aliphatic heterocycles. The number of Topliss-reactive ketones (excluding diaryl/α,β-unsaturated/α-hetero) is 1. The summed E-state index contributed by atoms with van der Waals surface area (Å²) < 4.78 is 1.63. The summed E-state index contributed by atoms with van der Waals surface area (Å²) >= 11 is 0. The van der Waals surface area contributed by atoms with Crippen molar-refractivity contribution in [2.24, 2.45) is 35.0 Å². The highest BCUT2D eigenvalue weighted by atomic mass is 16.3. The highest BCUT2D eigenvalue weighted by molar-refractivity contribution is 5.82. The van der Waals surface area contributed by atoms with Crippen LogP contribution in [0.15, 0.2) is 24.0 Å². The van der Waals surface area contributed by atoms with Gasteiger partial charge in [-0.25, -0.2) is 0 Å². The smallest absolute Gasteiger partial charge is 0.157 e. The standard InChI is InChI=1S/C25H33N3O2/c1-24(30)9-7-18-17(11-24)3-4-20-19(18)8-10-25(2)21(20)5-6-22(25)23(29)15-28-14-16(12-26)13-27-28/h3,13-14,18-22,30H,4-11,15H2,1-2H3/t18?,19-,20-,21+,22-,24-,25+/m1/s1. The largest absolute Gasteiger partial charge is 0.390 e. The van der Waals surface area contributed by atoms with Crippen molar-refractivity contribution in [1.29, 1.82) is 5.26 Å². The molecule has 5 nitrogen and oxygen atoms in total. The van der Waals surface area contributed by atoms with Crippen molar-refractivity contribution in [3.8, 4) is 6.07 Å². The van der Waals surface area contributed by atoms with E-state index in [2.05, 4.69) is 24.2 Å². The molecule has 1 N–H and O–H groups in total. The zero-order chi connectivity index (χ0) is 21.1. The van der Waals surface area contributed by atoms with Gasteiger partial charge in [-0.15, -0.1) is 0 Å². The van der Waals surface area contributed by atoms with Crippen molar-refractivity contribution in [3.63, 3.8) is 0 Å². The molecule has 1 aromatic rings. The zero-order valence-corrected chi connectivity index (χ0v) is 18.2. The quantitative estimate of drug-likeness (QED) is 0.759. The molecule has 4 aliphatic rings. The molecule has 0 amide bonds. The van der Waals surface area contributed by atoms with Gasteiger partial charge in [0.15, 0.2) is 5.78 Å². The summed E-state index contributed by atoms with van der Waals surface area (Å²) in [6.45, 7) is 4.64. The van der Waals surface area contributed by atoms with Gasteiger partial charge in [0.25, 0.3) is 0 Å². The van der Waals surface area contributed by atoms with Gasteiger partial charge in [0.1, 0.15) is 6.07 Å². The van der Waals surface area contributed by atoms with Gasteiger partial charge in [-0.2, -0.15) is 10.4 Å². The second-order valence-electron chi connectivity index (χ2n) is 10.9. The molecule has 3 fully saturated rings. The van der Waals surface area contributed by atoms with E-state index in [0.717, 1.165) is 50.9 Å². The Kier molecular flexibility index (Phi) is 4.70. The van der Waals surface area contributed by atoms with Crippen molar-refractivity contribution in [1.82, 2.24) is 9.78 Å². The van der Waals surface area contributed by atoms with Crippen molar-refractivity contribution in [2.45, 2.75) is 77.4 Å². The number of nitrogens with zero attached hydrogens (tertiary/aromatic N) is 3. The Balaban J connectivity index is 1.33. The first-order chi connectivity index (χ1) is 14.3. The molecule has 1 heterocycles. The Labute approximate surface area is 179 Å². The molecule has 7 atom stereocenters. The van der Waals surface area contributed by atoms with Crippen LogP contribution in [0.2, 0.25) is 0 Å². The Bertz CT molecular complexity index is 923. The minimum Gasteiger partial charge on any atom is -0.390 e.